The molecule has 0 amide bonds. The van der Waals surface area contributed by atoms with Crippen LogP contribution in [0.25, 0.3) is 21.1 Å². The molecule has 0 saturated heterocycles. The second-order valence-corrected chi connectivity index (χ2v) is 11.1. The Hall–Kier alpha value is -2.91. The molecule has 186 valence electrons. The number of pyridine rings is 1. The average molecular weight is 502 g/mol. The van der Waals surface area contributed by atoms with Gasteiger partial charge in [-0.15, -0.1) is 11.3 Å². The second-order valence-electron chi connectivity index (χ2n) is 10.1. The largest absolute Gasteiger partial charge is 0.396 e. The zero-order valence-electron chi connectivity index (χ0n) is 20.5. The summed E-state index contributed by atoms with van der Waals surface area (Å²) in [6.07, 6.45) is 8.35. The number of aliphatic hydroxyl groups is 2. The molecule has 3 aromatic heterocycles. The van der Waals surface area contributed by atoms with Gasteiger partial charge in [-0.25, -0.2) is 9.97 Å². The van der Waals surface area contributed by atoms with Crippen LogP contribution in [0, 0.1) is 30.6 Å². The number of rotatable bonds is 8. The second kappa shape index (κ2) is 9.52. The van der Waals surface area contributed by atoms with Crippen LogP contribution in [0.5, 0.6) is 0 Å². The van der Waals surface area contributed by atoms with Crippen LogP contribution in [0.1, 0.15) is 28.7 Å². The molecule has 3 heterocycles. The van der Waals surface area contributed by atoms with E-state index in [1.54, 1.807) is 12.5 Å². The number of thiophene rings is 1. The average Bonchev–Trinajstić information content (AvgIpc) is 3.60. The minimum absolute atomic E-state index is 0.226. The lowest BCUT2D eigenvalue weighted by Crippen LogP contribution is -2.29. The van der Waals surface area contributed by atoms with Gasteiger partial charge in [0, 0.05) is 31.3 Å². The van der Waals surface area contributed by atoms with Gasteiger partial charge in [0.25, 0.3) is 0 Å². The fourth-order valence-corrected chi connectivity index (χ4v) is 7.34. The van der Waals surface area contributed by atoms with Crippen molar-refractivity contribution < 1.29 is 10.2 Å². The number of anilines is 1. The summed E-state index contributed by atoms with van der Waals surface area (Å²) >= 11 is 1.52. The van der Waals surface area contributed by atoms with E-state index in [1.165, 1.54) is 11.3 Å². The van der Waals surface area contributed by atoms with Gasteiger partial charge in [0.05, 0.1) is 15.8 Å². The van der Waals surface area contributed by atoms with Gasteiger partial charge >= 0.3 is 0 Å². The third-order valence-corrected chi connectivity index (χ3v) is 9.33. The summed E-state index contributed by atoms with van der Waals surface area (Å²) in [4.78, 5) is 17.2. The van der Waals surface area contributed by atoms with E-state index in [2.05, 4.69) is 44.6 Å². The zero-order chi connectivity index (χ0) is 24.8. The quantitative estimate of drug-likeness (QED) is 0.241. The van der Waals surface area contributed by atoms with Gasteiger partial charge in [0.2, 0.25) is 0 Å². The third-order valence-electron chi connectivity index (χ3n) is 8.09. The minimum Gasteiger partial charge on any atom is -0.396 e. The summed E-state index contributed by atoms with van der Waals surface area (Å²) in [5.41, 5.74) is 3.08. The summed E-state index contributed by atoms with van der Waals surface area (Å²) in [5, 5.41) is 26.9. The molecule has 8 heteroatoms. The van der Waals surface area contributed by atoms with E-state index in [9.17, 15) is 10.2 Å². The van der Waals surface area contributed by atoms with Crippen molar-refractivity contribution in [1.29, 1.82) is 0 Å². The van der Waals surface area contributed by atoms with Crippen molar-refractivity contribution in [1.82, 2.24) is 19.9 Å². The van der Waals surface area contributed by atoms with Crippen molar-refractivity contribution in [3.63, 3.8) is 0 Å². The standard InChI is InChI=1S/C28H31N5O2S/c1-16-24-26(30-12-21-17-8-9-18(11-17)22(21)14-34)31-15-32-27(24)36-25(16)28(35)33(2)13-19-5-3-7-23-20(19)6-4-10-29-23/h3-10,15,17-18,21-22,28,34-35H,11-14H2,1-2H3,(H,30,31,32). The number of allylic oxidation sites excluding steroid dienone is 2. The lowest BCUT2D eigenvalue weighted by Gasteiger charge is -2.27. The number of hydrogen-bond donors (Lipinski definition) is 3. The van der Waals surface area contributed by atoms with Crippen molar-refractivity contribution >= 4 is 38.3 Å². The highest BCUT2D eigenvalue weighted by Gasteiger charge is 2.43. The van der Waals surface area contributed by atoms with E-state index in [0.29, 0.717) is 30.2 Å². The van der Waals surface area contributed by atoms with E-state index < -0.39 is 6.23 Å². The van der Waals surface area contributed by atoms with E-state index in [-0.39, 0.29) is 6.61 Å². The molecule has 1 aromatic carbocycles. The summed E-state index contributed by atoms with van der Waals surface area (Å²) in [5.74, 6) is 2.54. The van der Waals surface area contributed by atoms with Crippen LogP contribution >= 0.6 is 11.3 Å². The fourth-order valence-electron chi connectivity index (χ4n) is 6.14. The molecule has 3 N–H and O–H groups in total. The SMILES string of the molecule is Cc1c(C(O)N(C)Cc2cccc3ncccc23)sc2ncnc(NCC3C4C=CC(C4)C3CO)c12. The molecule has 36 heavy (non-hydrogen) atoms. The molecule has 0 aliphatic heterocycles. The summed E-state index contributed by atoms with van der Waals surface area (Å²) in [6, 6.07) is 10.1. The molecular formula is C28H31N5O2S. The number of fused-ring (bicyclic) bond motifs is 4. The van der Waals surface area contributed by atoms with E-state index >= 15 is 0 Å². The molecule has 4 aromatic rings. The molecule has 6 rings (SSSR count). The summed E-state index contributed by atoms with van der Waals surface area (Å²) < 4.78 is 0. The number of nitrogens with zero attached hydrogens (tertiary/aromatic N) is 4. The topological polar surface area (TPSA) is 94.4 Å². The first-order valence-electron chi connectivity index (χ1n) is 12.5. The molecule has 2 aliphatic rings. The van der Waals surface area contributed by atoms with Gasteiger partial charge in [-0.05, 0) is 67.3 Å². The number of nitrogens with one attached hydrogen (secondary N) is 1. The Bertz CT molecular complexity index is 1430. The number of aliphatic hydroxyl groups excluding tert-OH is 2. The lowest BCUT2D eigenvalue weighted by molar-refractivity contribution is 0.0180. The van der Waals surface area contributed by atoms with Gasteiger partial charge in [-0.2, -0.15) is 0 Å². The molecule has 0 spiro atoms. The Kier molecular flexibility index (Phi) is 6.21. The van der Waals surface area contributed by atoms with Crippen LogP contribution in [0.4, 0.5) is 5.82 Å². The molecule has 7 nitrogen and oxygen atoms in total. The van der Waals surface area contributed by atoms with Crippen LogP contribution < -0.4 is 5.32 Å². The molecule has 5 unspecified atom stereocenters. The molecule has 2 aliphatic carbocycles. The van der Waals surface area contributed by atoms with Crippen LogP contribution in [0.3, 0.4) is 0 Å². The predicted molar refractivity (Wildman–Crippen MR) is 144 cm³/mol. The number of benzene rings is 1. The highest BCUT2D eigenvalue weighted by atomic mass is 32.1. The Morgan fingerprint density at radius 2 is 1.94 bits per heavy atom. The van der Waals surface area contributed by atoms with Gasteiger partial charge in [0.1, 0.15) is 23.2 Å². The molecule has 5 atom stereocenters. The molecular weight excluding hydrogens is 470 g/mol. The van der Waals surface area contributed by atoms with E-state index in [4.69, 9.17) is 0 Å². The van der Waals surface area contributed by atoms with Crippen molar-refractivity contribution in [3.05, 3.63) is 71.0 Å². The van der Waals surface area contributed by atoms with Crippen LogP contribution in [0.2, 0.25) is 0 Å². The number of hydrogen-bond acceptors (Lipinski definition) is 8. The monoisotopic (exact) mass is 501 g/mol. The third kappa shape index (κ3) is 3.98. The minimum atomic E-state index is -0.765. The van der Waals surface area contributed by atoms with Crippen molar-refractivity contribution in [3.8, 4) is 0 Å². The molecule has 0 radical (unpaired) electrons. The zero-order valence-corrected chi connectivity index (χ0v) is 21.3. The smallest absolute Gasteiger partial charge is 0.143 e. The van der Waals surface area contributed by atoms with Crippen LogP contribution in [-0.4, -0.2) is 50.3 Å². The molecule has 1 saturated carbocycles. The fraction of sp³-hybridized carbons (Fsp3) is 0.393. The Labute approximate surface area is 214 Å². The first kappa shape index (κ1) is 23.5. The number of aromatic nitrogens is 3. The Morgan fingerprint density at radius 1 is 1.11 bits per heavy atom. The molecule has 2 bridgehead atoms. The van der Waals surface area contributed by atoms with Gasteiger partial charge in [-0.3, -0.25) is 9.88 Å². The van der Waals surface area contributed by atoms with Crippen molar-refractivity contribution in [2.45, 2.75) is 26.1 Å². The number of aryl methyl sites for hydroxylation is 1. The highest BCUT2D eigenvalue weighted by molar-refractivity contribution is 7.19. The molecule has 1 fully saturated rings. The first-order valence-corrected chi connectivity index (χ1v) is 13.3. The van der Waals surface area contributed by atoms with E-state index in [0.717, 1.165) is 55.9 Å². The van der Waals surface area contributed by atoms with Crippen molar-refractivity contribution in [2.24, 2.45) is 23.7 Å². The van der Waals surface area contributed by atoms with Crippen molar-refractivity contribution in [2.75, 3.05) is 25.5 Å². The van der Waals surface area contributed by atoms with Crippen LogP contribution in [-0.2, 0) is 6.54 Å². The maximum Gasteiger partial charge on any atom is 0.143 e. The van der Waals surface area contributed by atoms with E-state index in [1.807, 2.05) is 37.1 Å². The Morgan fingerprint density at radius 3 is 2.78 bits per heavy atom. The summed E-state index contributed by atoms with van der Waals surface area (Å²) in [6.45, 7) is 3.63. The maximum atomic E-state index is 11.4. The van der Waals surface area contributed by atoms with Gasteiger partial charge in [0.15, 0.2) is 0 Å². The lowest BCUT2D eigenvalue weighted by atomic mass is 9.83. The van der Waals surface area contributed by atoms with Crippen LogP contribution in [0.15, 0.2) is 55.0 Å². The van der Waals surface area contributed by atoms with Gasteiger partial charge < -0.3 is 15.5 Å². The Balaban J connectivity index is 1.24. The summed E-state index contributed by atoms with van der Waals surface area (Å²) in [7, 11) is 1.94. The first-order chi connectivity index (χ1) is 17.5. The normalized spacial score (nSPS) is 23.8. The highest BCUT2D eigenvalue weighted by Crippen LogP contribution is 2.48. The predicted octanol–water partition coefficient (Wildman–Crippen LogP) is 4.51. The van der Waals surface area contributed by atoms with Gasteiger partial charge in [-0.1, -0.05) is 30.4 Å². The maximum absolute atomic E-state index is 11.4.